The fourth-order valence-electron chi connectivity index (χ4n) is 1.32. The van der Waals surface area contributed by atoms with Gasteiger partial charge >= 0.3 is 5.97 Å². The summed E-state index contributed by atoms with van der Waals surface area (Å²) < 4.78 is 12.7. The van der Waals surface area contributed by atoms with E-state index in [0.29, 0.717) is 5.69 Å². The van der Waals surface area contributed by atoms with Crippen molar-refractivity contribution in [2.45, 2.75) is 12.5 Å². The summed E-state index contributed by atoms with van der Waals surface area (Å²) in [6.45, 7) is 1.14. The molecule has 0 aromatic heterocycles. The predicted octanol–water partition coefficient (Wildman–Crippen LogP) is 1.10. The molecule has 2 N–H and O–H groups in total. The monoisotopic (exact) mass is 227 g/mol. The van der Waals surface area contributed by atoms with E-state index in [0.717, 1.165) is 0 Å². The van der Waals surface area contributed by atoms with E-state index in [4.69, 9.17) is 5.11 Å². The van der Waals surface area contributed by atoms with Crippen molar-refractivity contribution in [3.63, 3.8) is 0 Å². The van der Waals surface area contributed by atoms with Gasteiger partial charge in [0.2, 0.25) is 0 Å². The van der Waals surface area contributed by atoms with Gasteiger partial charge in [-0.05, 0) is 31.2 Å². The number of carboxylic acids is 1. The predicted molar refractivity (Wildman–Crippen MR) is 57.9 cm³/mol. The number of hydrogen-bond acceptors (Lipinski definition) is 3. The van der Waals surface area contributed by atoms with E-state index in [9.17, 15) is 14.3 Å². The van der Waals surface area contributed by atoms with Crippen molar-refractivity contribution in [2.75, 3.05) is 18.5 Å². The number of rotatable bonds is 4. The second-order valence-electron chi connectivity index (χ2n) is 3.91. The summed E-state index contributed by atoms with van der Waals surface area (Å²) in [6, 6.07) is 5.60. The molecule has 1 aromatic carbocycles. The Kier molecular flexibility index (Phi) is 3.49. The molecule has 0 spiro atoms. The third-order valence-corrected chi connectivity index (χ3v) is 2.27. The zero-order valence-corrected chi connectivity index (χ0v) is 9.14. The number of carboxylic acid groups (broad SMARTS) is 1. The van der Waals surface area contributed by atoms with Crippen LogP contribution in [0.25, 0.3) is 0 Å². The molecule has 1 aromatic rings. The standard InChI is InChI=1S/C11H14FNO3/c1-11(16,10(14)15)7-13(2)9-5-3-8(12)4-6-9/h3-6,16H,7H2,1-2H3,(H,14,15). The second kappa shape index (κ2) is 4.49. The maximum absolute atomic E-state index is 12.7. The number of aliphatic hydroxyl groups is 1. The van der Waals surface area contributed by atoms with Crippen LogP contribution < -0.4 is 4.90 Å². The molecule has 5 heteroatoms. The van der Waals surface area contributed by atoms with Gasteiger partial charge < -0.3 is 15.1 Å². The van der Waals surface area contributed by atoms with Crippen molar-refractivity contribution in [3.8, 4) is 0 Å². The molecule has 1 rings (SSSR count). The van der Waals surface area contributed by atoms with E-state index in [-0.39, 0.29) is 12.4 Å². The topological polar surface area (TPSA) is 60.8 Å². The average molecular weight is 227 g/mol. The summed E-state index contributed by atoms with van der Waals surface area (Å²) in [5.74, 6) is -1.65. The first-order valence-electron chi connectivity index (χ1n) is 4.75. The zero-order chi connectivity index (χ0) is 12.3. The highest BCUT2D eigenvalue weighted by Gasteiger charge is 2.31. The van der Waals surface area contributed by atoms with Crippen molar-refractivity contribution < 1.29 is 19.4 Å². The van der Waals surface area contributed by atoms with Crippen LogP contribution in [0.4, 0.5) is 10.1 Å². The Morgan fingerprint density at radius 2 is 1.94 bits per heavy atom. The average Bonchev–Trinajstić information content (AvgIpc) is 2.17. The van der Waals surface area contributed by atoms with Crippen molar-refractivity contribution in [3.05, 3.63) is 30.1 Å². The number of hydrogen-bond donors (Lipinski definition) is 2. The first kappa shape index (κ1) is 12.4. The van der Waals surface area contributed by atoms with E-state index in [1.54, 1.807) is 11.9 Å². The maximum atomic E-state index is 12.7. The van der Waals surface area contributed by atoms with Gasteiger partial charge in [-0.15, -0.1) is 0 Å². The Morgan fingerprint density at radius 1 is 1.44 bits per heavy atom. The van der Waals surface area contributed by atoms with E-state index in [2.05, 4.69) is 0 Å². The number of nitrogens with zero attached hydrogens (tertiary/aromatic N) is 1. The number of likely N-dealkylation sites (N-methyl/N-ethyl adjacent to an activating group) is 1. The Hall–Kier alpha value is -1.62. The molecule has 0 saturated heterocycles. The van der Waals surface area contributed by atoms with E-state index in [1.807, 2.05) is 0 Å². The number of halogens is 1. The van der Waals surface area contributed by atoms with E-state index < -0.39 is 11.6 Å². The summed E-state index contributed by atoms with van der Waals surface area (Å²) in [7, 11) is 1.63. The van der Waals surface area contributed by atoms with Gasteiger partial charge in [-0.1, -0.05) is 0 Å². The Balaban J connectivity index is 2.76. The van der Waals surface area contributed by atoms with Gasteiger partial charge in [0.15, 0.2) is 5.60 Å². The van der Waals surface area contributed by atoms with Gasteiger partial charge in [0.1, 0.15) is 5.82 Å². The van der Waals surface area contributed by atoms with Crippen LogP contribution in [-0.2, 0) is 4.79 Å². The normalized spacial score (nSPS) is 14.2. The number of carbonyl (C=O) groups is 1. The lowest BCUT2D eigenvalue weighted by Crippen LogP contribution is -2.45. The molecule has 0 aliphatic rings. The number of benzene rings is 1. The van der Waals surface area contributed by atoms with Gasteiger partial charge in [0.25, 0.3) is 0 Å². The minimum Gasteiger partial charge on any atom is -0.479 e. The van der Waals surface area contributed by atoms with Gasteiger partial charge in [-0.3, -0.25) is 0 Å². The van der Waals surface area contributed by atoms with Crippen LogP contribution in [0.3, 0.4) is 0 Å². The quantitative estimate of drug-likeness (QED) is 0.808. The van der Waals surface area contributed by atoms with Crippen LogP contribution in [0.15, 0.2) is 24.3 Å². The highest BCUT2D eigenvalue weighted by Crippen LogP contribution is 2.16. The van der Waals surface area contributed by atoms with Crippen LogP contribution >= 0.6 is 0 Å². The summed E-state index contributed by atoms with van der Waals surface area (Å²) in [6.07, 6.45) is 0. The molecule has 1 unspecified atom stereocenters. The molecule has 1 atom stereocenters. The fraction of sp³-hybridized carbons (Fsp3) is 0.364. The molecule has 0 radical (unpaired) electrons. The van der Waals surface area contributed by atoms with Crippen LogP contribution in [0.2, 0.25) is 0 Å². The van der Waals surface area contributed by atoms with Crippen molar-refractivity contribution in [1.29, 1.82) is 0 Å². The van der Waals surface area contributed by atoms with Crippen molar-refractivity contribution in [1.82, 2.24) is 0 Å². The summed E-state index contributed by atoms with van der Waals surface area (Å²) in [5, 5.41) is 18.3. The van der Waals surface area contributed by atoms with Crippen LogP contribution in [0.5, 0.6) is 0 Å². The van der Waals surface area contributed by atoms with Gasteiger partial charge in [-0.2, -0.15) is 0 Å². The Labute approximate surface area is 92.9 Å². The zero-order valence-electron chi connectivity index (χ0n) is 9.14. The summed E-state index contributed by atoms with van der Waals surface area (Å²) >= 11 is 0. The fourth-order valence-corrected chi connectivity index (χ4v) is 1.32. The molecule has 0 saturated carbocycles. The summed E-state index contributed by atoms with van der Waals surface area (Å²) in [4.78, 5) is 12.3. The molecule has 0 fully saturated rings. The first-order valence-corrected chi connectivity index (χ1v) is 4.75. The lowest BCUT2D eigenvalue weighted by atomic mass is 10.1. The molecule has 0 amide bonds. The molecule has 4 nitrogen and oxygen atoms in total. The Bertz CT molecular complexity index is 375. The molecule has 0 bridgehead atoms. The molecule has 0 aliphatic carbocycles. The smallest absolute Gasteiger partial charge is 0.337 e. The maximum Gasteiger partial charge on any atom is 0.337 e. The number of aliphatic carboxylic acids is 1. The molecular weight excluding hydrogens is 213 g/mol. The van der Waals surface area contributed by atoms with Gasteiger partial charge in [-0.25, -0.2) is 9.18 Å². The molecule has 0 heterocycles. The highest BCUT2D eigenvalue weighted by molar-refractivity contribution is 5.77. The lowest BCUT2D eigenvalue weighted by Gasteiger charge is -2.27. The van der Waals surface area contributed by atoms with Gasteiger partial charge in [0.05, 0.1) is 6.54 Å². The molecule has 88 valence electrons. The van der Waals surface area contributed by atoms with E-state index in [1.165, 1.54) is 31.2 Å². The van der Waals surface area contributed by atoms with Crippen LogP contribution in [0.1, 0.15) is 6.92 Å². The van der Waals surface area contributed by atoms with E-state index >= 15 is 0 Å². The molecule has 0 aliphatic heterocycles. The largest absolute Gasteiger partial charge is 0.479 e. The minimum atomic E-state index is -1.83. The van der Waals surface area contributed by atoms with Crippen molar-refractivity contribution in [2.24, 2.45) is 0 Å². The minimum absolute atomic E-state index is 0.0754. The third kappa shape index (κ3) is 2.93. The summed E-state index contributed by atoms with van der Waals surface area (Å²) in [5.41, 5.74) is -1.19. The lowest BCUT2D eigenvalue weighted by molar-refractivity contribution is -0.155. The molecule has 16 heavy (non-hydrogen) atoms. The highest BCUT2D eigenvalue weighted by atomic mass is 19.1. The van der Waals surface area contributed by atoms with Gasteiger partial charge in [0, 0.05) is 12.7 Å². The third-order valence-electron chi connectivity index (χ3n) is 2.27. The van der Waals surface area contributed by atoms with Crippen LogP contribution in [0, 0.1) is 5.82 Å². The first-order chi connectivity index (χ1) is 7.33. The Morgan fingerprint density at radius 3 is 2.38 bits per heavy atom. The van der Waals surface area contributed by atoms with Crippen molar-refractivity contribution >= 4 is 11.7 Å². The number of anilines is 1. The van der Waals surface area contributed by atoms with Crippen LogP contribution in [-0.4, -0.2) is 35.4 Å². The SMILES string of the molecule is CN(CC(C)(O)C(=O)O)c1ccc(F)cc1. The molecular formula is C11H14FNO3. The second-order valence-corrected chi connectivity index (χ2v) is 3.91.